The predicted molar refractivity (Wildman–Crippen MR) is 127 cm³/mol. The first kappa shape index (κ1) is 25.3. The van der Waals surface area contributed by atoms with Crippen LogP contribution in [0.3, 0.4) is 0 Å². The average molecular weight is 510 g/mol. The SMILES string of the molecule is Cl.O=C(c1ccccc1NS(=O)(=O)c1ccc(F)c(F)c1)N1CCN(c2ccc(O)cc2)CC1. The van der Waals surface area contributed by atoms with Crippen molar-refractivity contribution in [2.24, 2.45) is 0 Å². The van der Waals surface area contributed by atoms with E-state index >= 15 is 0 Å². The number of sulfonamides is 1. The molecule has 0 bridgehead atoms. The number of hydrogen-bond acceptors (Lipinski definition) is 5. The maximum absolute atomic E-state index is 13.5. The molecule has 4 rings (SSSR count). The van der Waals surface area contributed by atoms with Crippen LogP contribution >= 0.6 is 12.4 Å². The molecule has 1 aliphatic heterocycles. The third kappa shape index (κ3) is 5.40. The Bertz CT molecular complexity index is 1280. The van der Waals surface area contributed by atoms with Gasteiger partial charge in [0.2, 0.25) is 0 Å². The second kappa shape index (κ2) is 10.3. The van der Waals surface area contributed by atoms with Gasteiger partial charge in [-0.2, -0.15) is 0 Å². The molecule has 1 fully saturated rings. The highest BCUT2D eigenvalue weighted by Gasteiger charge is 2.26. The Morgan fingerprint density at radius 1 is 0.882 bits per heavy atom. The first-order valence-corrected chi connectivity index (χ1v) is 11.6. The molecule has 0 aromatic heterocycles. The molecule has 0 unspecified atom stereocenters. The van der Waals surface area contributed by atoms with E-state index in [1.165, 1.54) is 12.1 Å². The van der Waals surface area contributed by atoms with Crippen molar-refractivity contribution in [1.29, 1.82) is 0 Å². The maximum Gasteiger partial charge on any atom is 0.262 e. The van der Waals surface area contributed by atoms with E-state index in [4.69, 9.17) is 0 Å². The minimum absolute atomic E-state index is 0. The number of phenolic OH excluding ortho intramolecular Hbond substituents is 1. The van der Waals surface area contributed by atoms with Crippen LogP contribution in [0.4, 0.5) is 20.2 Å². The number of amides is 1. The second-order valence-corrected chi connectivity index (χ2v) is 9.21. The highest BCUT2D eigenvalue weighted by molar-refractivity contribution is 7.92. The molecule has 7 nitrogen and oxygen atoms in total. The smallest absolute Gasteiger partial charge is 0.262 e. The van der Waals surface area contributed by atoms with Crippen LogP contribution in [-0.2, 0) is 10.0 Å². The summed E-state index contributed by atoms with van der Waals surface area (Å²) < 4.78 is 54.4. The van der Waals surface area contributed by atoms with Gasteiger partial charge in [-0.15, -0.1) is 12.4 Å². The van der Waals surface area contributed by atoms with E-state index in [1.807, 2.05) is 0 Å². The molecule has 0 atom stereocenters. The number of nitrogens with one attached hydrogen (secondary N) is 1. The van der Waals surface area contributed by atoms with Crippen LogP contribution in [0.5, 0.6) is 5.75 Å². The number of carbonyl (C=O) groups is 1. The minimum atomic E-state index is -4.24. The minimum Gasteiger partial charge on any atom is -0.508 e. The third-order valence-electron chi connectivity index (χ3n) is 5.38. The number of halogens is 3. The van der Waals surface area contributed by atoms with Crippen molar-refractivity contribution < 1.29 is 27.1 Å². The zero-order valence-electron chi connectivity index (χ0n) is 17.8. The van der Waals surface area contributed by atoms with Gasteiger partial charge in [0.05, 0.1) is 16.1 Å². The molecule has 1 saturated heterocycles. The van der Waals surface area contributed by atoms with Gasteiger partial charge in [-0.25, -0.2) is 17.2 Å². The summed E-state index contributed by atoms with van der Waals surface area (Å²) in [5.41, 5.74) is 1.13. The molecule has 3 aromatic carbocycles. The number of rotatable bonds is 5. The van der Waals surface area contributed by atoms with Crippen molar-refractivity contribution in [3.8, 4) is 5.75 Å². The lowest BCUT2D eigenvalue weighted by atomic mass is 10.1. The summed E-state index contributed by atoms with van der Waals surface area (Å²) in [6.45, 7) is 1.98. The zero-order chi connectivity index (χ0) is 23.6. The van der Waals surface area contributed by atoms with E-state index in [9.17, 15) is 27.1 Å². The van der Waals surface area contributed by atoms with Crippen LogP contribution in [0.15, 0.2) is 71.6 Å². The summed E-state index contributed by atoms with van der Waals surface area (Å²) >= 11 is 0. The van der Waals surface area contributed by atoms with E-state index in [1.54, 1.807) is 41.3 Å². The summed E-state index contributed by atoms with van der Waals surface area (Å²) in [7, 11) is -4.24. The molecule has 180 valence electrons. The Morgan fingerprint density at radius 2 is 1.53 bits per heavy atom. The summed E-state index contributed by atoms with van der Waals surface area (Å²) in [6, 6.07) is 15.2. The lowest BCUT2D eigenvalue weighted by Gasteiger charge is -2.36. The highest BCUT2D eigenvalue weighted by atomic mass is 35.5. The van der Waals surface area contributed by atoms with Crippen molar-refractivity contribution >= 4 is 39.7 Å². The lowest BCUT2D eigenvalue weighted by molar-refractivity contribution is 0.0748. The van der Waals surface area contributed by atoms with Gasteiger partial charge in [-0.1, -0.05) is 12.1 Å². The number of para-hydroxylation sites is 1. The van der Waals surface area contributed by atoms with Gasteiger partial charge < -0.3 is 14.9 Å². The van der Waals surface area contributed by atoms with Crippen LogP contribution in [0.25, 0.3) is 0 Å². The van der Waals surface area contributed by atoms with Crippen LogP contribution in [-0.4, -0.2) is 50.5 Å². The fraction of sp³-hybridized carbons (Fsp3) is 0.174. The number of hydrogen-bond donors (Lipinski definition) is 2. The topological polar surface area (TPSA) is 90.0 Å². The Labute approximate surface area is 202 Å². The van der Waals surface area contributed by atoms with Crippen LogP contribution in [0.1, 0.15) is 10.4 Å². The Morgan fingerprint density at radius 3 is 2.18 bits per heavy atom. The van der Waals surface area contributed by atoms with E-state index in [0.717, 1.165) is 17.8 Å². The van der Waals surface area contributed by atoms with Gasteiger partial charge in [0.1, 0.15) is 5.75 Å². The van der Waals surface area contributed by atoms with E-state index in [-0.39, 0.29) is 35.3 Å². The van der Waals surface area contributed by atoms with Crippen LogP contribution < -0.4 is 9.62 Å². The first-order valence-electron chi connectivity index (χ1n) is 10.1. The molecule has 0 radical (unpaired) electrons. The van der Waals surface area contributed by atoms with Gasteiger partial charge in [0.25, 0.3) is 15.9 Å². The van der Waals surface area contributed by atoms with Gasteiger partial charge in [-0.05, 0) is 54.6 Å². The summed E-state index contributed by atoms with van der Waals surface area (Å²) in [5.74, 6) is -2.61. The summed E-state index contributed by atoms with van der Waals surface area (Å²) in [6.07, 6.45) is 0. The standard InChI is InChI=1S/C23H21F2N3O4S.ClH/c24-20-10-9-18(15-21(20)25)33(31,32)26-22-4-2-1-3-19(22)23(30)28-13-11-27(12-14-28)16-5-7-17(29)8-6-16;/h1-10,15,26,29H,11-14H2;1H. The number of carbonyl (C=O) groups excluding carboxylic acids is 1. The van der Waals surface area contributed by atoms with Crippen molar-refractivity contribution in [1.82, 2.24) is 4.90 Å². The predicted octanol–water partition coefficient (Wildman–Crippen LogP) is 3.86. The number of anilines is 2. The molecule has 1 heterocycles. The fourth-order valence-electron chi connectivity index (χ4n) is 3.61. The Balaban J connectivity index is 0.00000324. The lowest BCUT2D eigenvalue weighted by Crippen LogP contribution is -2.48. The van der Waals surface area contributed by atoms with E-state index in [0.29, 0.717) is 32.2 Å². The molecule has 2 N–H and O–H groups in total. The van der Waals surface area contributed by atoms with E-state index in [2.05, 4.69) is 9.62 Å². The number of phenols is 1. The zero-order valence-corrected chi connectivity index (χ0v) is 19.5. The van der Waals surface area contributed by atoms with Crippen molar-refractivity contribution in [2.45, 2.75) is 4.90 Å². The number of nitrogens with zero attached hydrogens (tertiary/aromatic N) is 2. The molecular weight excluding hydrogens is 488 g/mol. The molecule has 34 heavy (non-hydrogen) atoms. The molecule has 0 saturated carbocycles. The van der Waals surface area contributed by atoms with Gasteiger partial charge in [0.15, 0.2) is 11.6 Å². The van der Waals surface area contributed by atoms with Crippen LogP contribution in [0.2, 0.25) is 0 Å². The van der Waals surface area contributed by atoms with Gasteiger partial charge >= 0.3 is 0 Å². The summed E-state index contributed by atoms with van der Waals surface area (Å²) in [4.78, 5) is 16.4. The summed E-state index contributed by atoms with van der Waals surface area (Å²) in [5, 5.41) is 9.45. The Hall–Kier alpha value is -3.37. The largest absolute Gasteiger partial charge is 0.508 e. The molecule has 11 heteroatoms. The quantitative estimate of drug-likeness (QED) is 0.545. The number of benzene rings is 3. The van der Waals surface area contributed by atoms with Gasteiger partial charge in [-0.3, -0.25) is 9.52 Å². The molecule has 1 aliphatic rings. The highest BCUT2D eigenvalue weighted by Crippen LogP contribution is 2.24. The number of aromatic hydroxyl groups is 1. The second-order valence-electron chi connectivity index (χ2n) is 7.52. The molecule has 3 aromatic rings. The average Bonchev–Trinajstić information content (AvgIpc) is 2.81. The molecule has 1 amide bonds. The van der Waals surface area contributed by atoms with E-state index < -0.39 is 26.6 Å². The normalized spacial score (nSPS) is 13.8. The molecule has 0 spiro atoms. The van der Waals surface area contributed by atoms with Crippen molar-refractivity contribution in [2.75, 3.05) is 35.8 Å². The monoisotopic (exact) mass is 509 g/mol. The van der Waals surface area contributed by atoms with Crippen molar-refractivity contribution in [3.63, 3.8) is 0 Å². The first-order chi connectivity index (χ1) is 15.7. The van der Waals surface area contributed by atoms with Crippen molar-refractivity contribution in [3.05, 3.63) is 83.9 Å². The molecular formula is C23H22ClF2N3O4S. The maximum atomic E-state index is 13.5. The Kier molecular flexibility index (Phi) is 7.63. The fourth-order valence-corrected chi connectivity index (χ4v) is 4.70. The van der Waals surface area contributed by atoms with Gasteiger partial charge in [0, 0.05) is 31.9 Å². The molecule has 0 aliphatic carbocycles. The third-order valence-corrected chi connectivity index (χ3v) is 6.75. The number of piperazine rings is 1. The van der Waals surface area contributed by atoms with Crippen LogP contribution in [0, 0.1) is 11.6 Å².